The zero-order chi connectivity index (χ0) is 18.1. The Kier molecular flexibility index (Phi) is 5.03. The van der Waals surface area contributed by atoms with Crippen LogP contribution in [0.3, 0.4) is 0 Å². The molecule has 2 heterocycles. The summed E-state index contributed by atoms with van der Waals surface area (Å²) in [5.41, 5.74) is 6.57. The van der Waals surface area contributed by atoms with E-state index in [1.54, 1.807) is 12.1 Å². The number of nitrogens with one attached hydrogen (secondary N) is 3. The number of carbonyl (C=O) groups is 2. The number of methoxy groups -OCH3 is 3. The van der Waals surface area contributed by atoms with E-state index in [2.05, 4.69) is 16.2 Å². The highest BCUT2D eigenvalue weighted by Crippen LogP contribution is 2.45. The van der Waals surface area contributed by atoms with Gasteiger partial charge in [-0.15, -0.1) is 0 Å². The molecule has 0 spiro atoms. The molecule has 0 bridgehead atoms. The van der Waals surface area contributed by atoms with Gasteiger partial charge in [-0.1, -0.05) is 17.7 Å². The first-order valence-corrected chi connectivity index (χ1v) is 8.18. The average Bonchev–Trinajstić information content (AvgIpc) is 3.03. The Hall–Kier alpha value is -2.03. The van der Waals surface area contributed by atoms with Crippen molar-refractivity contribution in [3.63, 3.8) is 0 Å². The lowest BCUT2D eigenvalue weighted by Crippen LogP contribution is -2.53. The number of amides is 1. The van der Waals surface area contributed by atoms with Gasteiger partial charge in [-0.3, -0.25) is 9.59 Å². The third-order valence-electron chi connectivity index (χ3n) is 4.72. The lowest BCUT2D eigenvalue weighted by molar-refractivity contribution is -0.145. The number of hydrogen-bond acceptors (Lipinski definition) is 7. The fraction of sp³-hybridized carbons (Fsp3) is 0.500. The fourth-order valence-electron chi connectivity index (χ4n) is 3.58. The van der Waals surface area contributed by atoms with E-state index in [1.165, 1.54) is 21.3 Å². The molecule has 2 fully saturated rings. The van der Waals surface area contributed by atoms with E-state index in [0.717, 1.165) is 5.56 Å². The summed E-state index contributed by atoms with van der Waals surface area (Å²) < 4.78 is 15.5. The number of hydrazine groups is 1. The van der Waals surface area contributed by atoms with Gasteiger partial charge < -0.3 is 19.5 Å². The highest BCUT2D eigenvalue weighted by atomic mass is 35.5. The lowest BCUT2D eigenvalue weighted by atomic mass is 9.76. The Morgan fingerprint density at radius 2 is 1.96 bits per heavy atom. The summed E-state index contributed by atoms with van der Waals surface area (Å²) in [5.74, 6) is -0.189. The molecule has 0 aliphatic carbocycles. The zero-order valence-electron chi connectivity index (χ0n) is 14.1. The number of carbonyl (C=O) groups excluding carboxylic acids is 2. The number of ether oxygens (including phenoxy) is 3. The molecule has 4 unspecified atom stereocenters. The van der Waals surface area contributed by atoms with Crippen molar-refractivity contribution in [3.05, 3.63) is 22.7 Å². The predicted molar refractivity (Wildman–Crippen MR) is 89.4 cm³/mol. The van der Waals surface area contributed by atoms with Crippen LogP contribution < -0.4 is 25.6 Å². The van der Waals surface area contributed by atoms with Crippen molar-refractivity contribution in [2.45, 2.75) is 24.5 Å². The molecular formula is C16H20ClN3O5. The van der Waals surface area contributed by atoms with E-state index < -0.39 is 18.2 Å². The Morgan fingerprint density at radius 3 is 2.60 bits per heavy atom. The Bertz CT molecular complexity index is 699. The van der Waals surface area contributed by atoms with Crippen LogP contribution in [0.1, 0.15) is 17.9 Å². The van der Waals surface area contributed by atoms with Gasteiger partial charge in [0, 0.05) is 18.3 Å². The average molecular weight is 370 g/mol. The maximum Gasteiger partial charge on any atom is 0.324 e. The van der Waals surface area contributed by atoms with Crippen LogP contribution in [0.5, 0.6) is 11.5 Å². The first kappa shape index (κ1) is 17.8. The van der Waals surface area contributed by atoms with Crippen LogP contribution in [-0.2, 0) is 14.3 Å². The molecule has 9 heteroatoms. The molecule has 1 aromatic rings. The standard InChI is InChI=1S/C16H20ClN3O5/c1-23-9-5-4-7(12(17)14(9)24-2)8-6-10(21)18-15-11(8)13(19-20-15)16(22)25-3/h4-5,8,11,13,15,19-20H,6H2,1-3H3,(H,18,21). The topological polar surface area (TPSA) is 97.9 Å². The SMILES string of the molecule is COC(=O)C1NNC2NC(=O)CC(c3ccc(OC)c(OC)c3Cl)C21. The monoisotopic (exact) mass is 369 g/mol. The maximum absolute atomic E-state index is 12.1. The summed E-state index contributed by atoms with van der Waals surface area (Å²) in [5, 5.41) is 3.21. The normalized spacial score (nSPS) is 28.1. The number of esters is 1. The van der Waals surface area contributed by atoms with Crippen LogP contribution in [0.2, 0.25) is 5.02 Å². The molecular weight excluding hydrogens is 350 g/mol. The molecule has 2 aliphatic heterocycles. The molecule has 4 atom stereocenters. The van der Waals surface area contributed by atoms with Crippen LogP contribution in [0, 0.1) is 5.92 Å². The van der Waals surface area contributed by atoms with Gasteiger partial charge in [0.25, 0.3) is 0 Å². The fourth-order valence-corrected chi connectivity index (χ4v) is 3.95. The molecule has 136 valence electrons. The van der Waals surface area contributed by atoms with Gasteiger partial charge in [0.05, 0.1) is 32.5 Å². The Balaban J connectivity index is 2.04. The minimum atomic E-state index is -0.607. The zero-order valence-corrected chi connectivity index (χ0v) is 14.8. The van der Waals surface area contributed by atoms with E-state index in [-0.39, 0.29) is 24.2 Å². The van der Waals surface area contributed by atoms with Crippen molar-refractivity contribution < 1.29 is 23.8 Å². The molecule has 3 N–H and O–H groups in total. The third-order valence-corrected chi connectivity index (χ3v) is 5.11. The van der Waals surface area contributed by atoms with Crippen molar-refractivity contribution in [1.82, 2.24) is 16.2 Å². The van der Waals surface area contributed by atoms with Gasteiger partial charge in [-0.05, 0) is 11.6 Å². The predicted octanol–water partition coefficient (Wildman–Crippen LogP) is 0.552. The second-order valence-corrected chi connectivity index (χ2v) is 6.30. The van der Waals surface area contributed by atoms with Crippen LogP contribution >= 0.6 is 11.6 Å². The highest BCUT2D eigenvalue weighted by molar-refractivity contribution is 6.33. The van der Waals surface area contributed by atoms with Crippen molar-refractivity contribution in [3.8, 4) is 11.5 Å². The van der Waals surface area contributed by atoms with Gasteiger partial charge in [0.2, 0.25) is 5.91 Å². The van der Waals surface area contributed by atoms with Crippen molar-refractivity contribution in [1.29, 1.82) is 0 Å². The van der Waals surface area contributed by atoms with Crippen LogP contribution in [0.15, 0.2) is 12.1 Å². The van der Waals surface area contributed by atoms with Gasteiger partial charge in [-0.2, -0.15) is 0 Å². The van der Waals surface area contributed by atoms with E-state index in [1.807, 2.05) is 0 Å². The van der Waals surface area contributed by atoms with Crippen LogP contribution in [-0.4, -0.2) is 45.4 Å². The minimum Gasteiger partial charge on any atom is -0.493 e. The summed E-state index contributed by atoms with van der Waals surface area (Å²) in [6.07, 6.45) is -0.202. The second kappa shape index (κ2) is 7.07. The smallest absolute Gasteiger partial charge is 0.324 e. The molecule has 0 aromatic heterocycles. The highest BCUT2D eigenvalue weighted by Gasteiger charge is 2.50. The van der Waals surface area contributed by atoms with E-state index >= 15 is 0 Å². The molecule has 0 radical (unpaired) electrons. The maximum atomic E-state index is 12.1. The molecule has 1 aromatic carbocycles. The van der Waals surface area contributed by atoms with Crippen molar-refractivity contribution in [2.75, 3.05) is 21.3 Å². The summed E-state index contributed by atoms with van der Waals surface area (Å²) in [4.78, 5) is 24.3. The quantitative estimate of drug-likeness (QED) is 0.667. The number of rotatable bonds is 4. The number of hydrogen-bond donors (Lipinski definition) is 3. The molecule has 2 aliphatic rings. The first-order chi connectivity index (χ1) is 12.0. The molecule has 1 amide bonds. The largest absolute Gasteiger partial charge is 0.493 e. The first-order valence-electron chi connectivity index (χ1n) is 7.80. The van der Waals surface area contributed by atoms with Crippen LogP contribution in [0.25, 0.3) is 0 Å². The minimum absolute atomic E-state index is 0.128. The molecule has 25 heavy (non-hydrogen) atoms. The Morgan fingerprint density at radius 1 is 1.20 bits per heavy atom. The van der Waals surface area contributed by atoms with Crippen LogP contribution in [0.4, 0.5) is 0 Å². The number of benzene rings is 1. The molecule has 3 rings (SSSR count). The van der Waals surface area contributed by atoms with Gasteiger partial charge in [0.15, 0.2) is 11.5 Å². The Labute approximate surface area is 150 Å². The lowest BCUT2D eigenvalue weighted by Gasteiger charge is -2.35. The third kappa shape index (κ3) is 3.01. The van der Waals surface area contributed by atoms with E-state index in [0.29, 0.717) is 16.5 Å². The number of piperidine rings is 1. The summed E-state index contributed by atoms with van der Waals surface area (Å²) in [7, 11) is 4.35. The summed E-state index contributed by atoms with van der Waals surface area (Å²) >= 11 is 6.53. The van der Waals surface area contributed by atoms with Crippen molar-refractivity contribution >= 4 is 23.5 Å². The molecule has 0 saturated carbocycles. The van der Waals surface area contributed by atoms with Gasteiger partial charge >= 0.3 is 5.97 Å². The second-order valence-electron chi connectivity index (χ2n) is 5.93. The van der Waals surface area contributed by atoms with Gasteiger partial charge in [0.1, 0.15) is 6.04 Å². The van der Waals surface area contributed by atoms with E-state index in [4.69, 9.17) is 25.8 Å². The number of fused-ring (bicyclic) bond motifs is 1. The molecule has 8 nitrogen and oxygen atoms in total. The van der Waals surface area contributed by atoms with Gasteiger partial charge in [-0.25, -0.2) is 10.9 Å². The van der Waals surface area contributed by atoms with Crippen molar-refractivity contribution in [2.24, 2.45) is 5.92 Å². The number of halogens is 1. The summed E-state index contributed by atoms with van der Waals surface area (Å²) in [6, 6.07) is 2.94. The summed E-state index contributed by atoms with van der Waals surface area (Å²) in [6.45, 7) is 0. The van der Waals surface area contributed by atoms with E-state index in [9.17, 15) is 9.59 Å². The molecule has 2 saturated heterocycles.